The van der Waals surface area contributed by atoms with Gasteiger partial charge in [-0.05, 0) is 35.9 Å². The van der Waals surface area contributed by atoms with Crippen LogP contribution in [-0.2, 0) is 5.88 Å². The maximum absolute atomic E-state index is 13.4. The van der Waals surface area contributed by atoms with E-state index in [0.717, 1.165) is 23.8 Å². The Morgan fingerprint density at radius 3 is 2.68 bits per heavy atom. The van der Waals surface area contributed by atoms with Crippen LogP contribution in [0, 0.1) is 11.6 Å². The molecule has 1 amide bonds. The highest BCUT2D eigenvalue weighted by molar-refractivity contribution is 6.17. The number of alkyl halides is 1. The minimum absolute atomic E-state index is 0.304. The standard InChI is InChI=1S/C14H10ClF2NO/c15-8-9-2-1-3-11(6-9)18-14(19)12-7-10(16)4-5-13(12)17/h1-7H,8H2,(H,18,19). The Labute approximate surface area is 114 Å². The number of carbonyl (C=O) groups excluding carboxylic acids is 1. The van der Waals surface area contributed by atoms with Crippen molar-refractivity contribution in [2.75, 3.05) is 5.32 Å². The van der Waals surface area contributed by atoms with Crippen LogP contribution in [-0.4, -0.2) is 5.91 Å². The minimum Gasteiger partial charge on any atom is -0.322 e. The first-order valence-corrected chi connectivity index (χ1v) is 6.05. The van der Waals surface area contributed by atoms with E-state index in [1.54, 1.807) is 24.3 Å². The van der Waals surface area contributed by atoms with Crippen LogP contribution in [0.1, 0.15) is 15.9 Å². The van der Waals surface area contributed by atoms with E-state index in [2.05, 4.69) is 5.32 Å². The molecular weight excluding hydrogens is 272 g/mol. The molecule has 2 nitrogen and oxygen atoms in total. The van der Waals surface area contributed by atoms with Crippen molar-refractivity contribution < 1.29 is 13.6 Å². The average molecular weight is 282 g/mol. The maximum Gasteiger partial charge on any atom is 0.258 e. The molecule has 19 heavy (non-hydrogen) atoms. The molecule has 0 saturated carbocycles. The third-order valence-electron chi connectivity index (χ3n) is 2.51. The summed E-state index contributed by atoms with van der Waals surface area (Å²) in [6.07, 6.45) is 0. The predicted molar refractivity (Wildman–Crippen MR) is 70.3 cm³/mol. The first kappa shape index (κ1) is 13.5. The molecule has 0 atom stereocenters. The first-order valence-electron chi connectivity index (χ1n) is 5.51. The van der Waals surface area contributed by atoms with Crippen molar-refractivity contribution in [3.05, 3.63) is 65.2 Å². The van der Waals surface area contributed by atoms with E-state index in [0.29, 0.717) is 11.6 Å². The van der Waals surface area contributed by atoms with Crippen LogP contribution < -0.4 is 5.32 Å². The quantitative estimate of drug-likeness (QED) is 0.848. The molecule has 2 aromatic rings. The summed E-state index contributed by atoms with van der Waals surface area (Å²) < 4.78 is 26.4. The molecule has 2 rings (SSSR count). The topological polar surface area (TPSA) is 29.1 Å². The van der Waals surface area contributed by atoms with E-state index in [1.807, 2.05) is 0 Å². The molecule has 0 spiro atoms. The van der Waals surface area contributed by atoms with Crippen LogP contribution in [0.3, 0.4) is 0 Å². The molecule has 0 aliphatic heterocycles. The number of anilines is 1. The van der Waals surface area contributed by atoms with E-state index in [9.17, 15) is 13.6 Å². The van der Waals surface area contributed by atoms with Gasteiger partial charge >= 0.3 is 0 Å². The van der Waals surface area contributed by atoms with Crippen LogP contribution in [0.5, 0.6) is 0 Å². The fraction of sp³-hybridized carbons (Fsp3) is 0.0714. The van der Waals surface area contributed by atoms with Crippen molar-refractivity contribution in [1.29, 1.82) is 0 Å². The third-order valence-corrected chi connectivity index (χ3v) is 2.82. The molecule has 0 aliphatic carbocycles. The summed E-state index contributed by atoms with van der Waals surface area (Å²) in [5, 5.41) is 2.50. The number of amides is 1. The summed E-state index contributed by atoms with van der Waals surface area (Å²) in [7, 11) is 0. The second-order valence-corrected chi connectivity index (χ2v) is 4.18. The monoisotopic (exact) mass is 281 g/mol. The number of hydrogen-bond donors (Lipinski definition) is 1. The molecule has 0 heterocycles. The molecule has 1 N–H and O–H groups in total. The smallest absolute Gasteiger partial charge is 0.258 e. The lowest BCUT2D eigenvalue weighted by atomic mass is 10.1. The van der Waals surface area contributed by atoms with Crippen molar-refractivity contribution in [3.8, 4) is 0 Å². The van der Waals surface area contributed by atoms with Crippen LogP contribution in [0.4, 0.5) is 14.5 Å². The normalized spacial score (nSPS) is 10.3. The SMILES string of the molecule is O=C(Nc1cccc(CCl)c1)c1cc(F)ccc1F. The lowest BCUT2D eigenvalue weighted by molar-refractivity contribution is 0.102. The number of rotatable bonds is 3. The van der Waals surface area contributed by atoms with Gasteiger partial charge in [-0.3, -0.25) is 4.79 Å². The Morgan fingerprint density at radius 2 is 1.95 bits per heavy atom. The summed E-state index contributed by atoms with van der Waals surface area (Å²) in [6, 6.07) is 9.56. The Bertz CT molecular complexity index is 616. The van der Waals surface area contributed by atoms with E-state index in [-0.39, 0.29) is 5.56 Å². The van der Waals surface area contributed by atoms with Gasteiger partial charge in [-0.2, -0.15) is 0 Å². The average Bonchev–Trinajstić information content (AvgIpc) is 2.41. The number of carbonyl (C=O) groups is 1. The lowest BCUT2D eigenvalue weighted by Crippen LogP contribution is -2.14. The molecule has 5 heteroatoms. The molecule has 0 saturated heterocycles. The summed E-state index contributed by atoms with van der Waals surface area (Å²) >= 11 is 5.68. The van der Waals surface area contributed by atoms with Crippen LogP contribution >= 0.6 is 11.6 Å². The minimum atomic E-state index is -0.771. The van der Waals surface area contributed by atoms with Crippen molar-refractivity contribution in [1.82, 2.24) is 0 Å². The summed E-state index contributed by atoms with van der Waals surface area (Å²) in [6.45, 7) is 0. The molecule has 2 aromatic carbocycles. The van der Waals surface area contributed by atoms with Gasteiger partial charge < -0.3 is 5.32 Å². The zero-order chi connectivity index (χ0) is 13.8. The summed E-state index contributed by atoms with van der Waals surface area (Å²) in [5.74, 6) is -1.84. The van der Waals surface area contributed by atoms with Gasteiger partial charge in [-0.1, -0.05) is 12.1 Å². The van der Waals surface area contributed by atoms with Gasteiger partial charge in [0.2, 0.25) is 0 Å². The Morgan fingerprint density at radius 1 is 1.16 bits per heavy atom. The van der Waals surface area contributed by atoms with Gasteiger partial charge in [0.25, 0.3) is 5.91 Å². The van der Waals surface area contributed by atoms with Gasteiger partial charge in [0.05, 0.1) is 5.56 Å². The molecule has 0 radical (unpaired) electrons. The fourth-order valence-corrected chi connectivity index (χ4v) is 1.77. The zero-order valence-electron chi connectivity index (χ0n) is 9.79. The van der Waals surface area contributed by atoms with Crippen molar-refractivity contribution in [2.45, 2.75) is 5.88 Å². The van der Waals surface area contributed by atoms with E-state index in [1.165, 1.54) is 0 Å². The Kier molecular flexibility index (Phi) is 4.12. The molecule has 0 aliphatic rings. The number of hydrogen-bond acceptors (Lipinski definition) is 1. The molecular formula is C14H10ClF2NO. The lowest BCUT2D eigenvalue weighted by Gasteiger charge is -2.07. The second kappa shape index (κ2) is 5.80. The number of nitrogens with one attached hydrogen (secondary N) is 1. The highest BCUT2D eigenvalue weighted by Gasteiger charge is 2.13. The van der Waals surface area contributed by atoms with Crippen molar-refractivity contribution in [3.63, 3.8) is 0 Å². The summed E-state index contributed by atoms with van der Waals surface area (Å²) in [5.41, 5.74) is 0.960. The molecule has 98 valence electrons. The van der Waals surface area contributed by atoms with Crippen LogP contribution in [0.25, 0.3) is 0 Å². The van der Waals surface area contributed by atoms with E-state index >= 15 is 0 Å². The molecule has 0 fully saturated rings. The van der Waals surface area contributed by atoms with Gasteiger partial charge in [-0.15, -0.1) is 11.6 Å². The Balaban J connectivity index is 2.23. The van der Waals surface area contributed by atoms with E-state index in [4.69, 9.17) is 11.6 Å². The van der Waals surface area contributed by atoms with Gasteiger partial charge in [0, 0.05) is 11.6 Å². The van der Waals surface area contributed by atoms with E-state index < -0.39 is 17.5 Å². The number of halogens is 3. The second-order valence-electron chi connectivity index (χ2n) is 3.91. The van der Waals surface area contributed by atoms with Crippen LogP contribution in [0.2, 0.25) is 0 Å². The van der Waals surface area contributed by atoms with Crippen molar-refractivity contribution in [2.24, 2.45) is 0 Å². The van der Waals surface area contributed by atoms with Gasteiger partial charge in [0.1, 0.15) is 11.6 Å². The summed E-state index contributed by atoms with van der Waals surface area (Å²) in [4.78, 5) is 11.8. The zero-order valence-corrected chi connectivity index (χ0v) is 10.5. The Hall–Kier alpha value is -1.94. The third kappa shape index (κ3) is 3.29. The molecule has 0 unspecified atom stereocenters. The highest BCUT2D eigenvalue weighted by Crippen LogP contribution is 2.15. The fourth-order valence-electron chi connectivity index (χ4n) is 1.60. The highest BCUT2D eigenvalue weighted by atomic mass is 35.5. The number of benzene rings is 2. The van der Waals surface area contributed by atoms with Gasteiger partial charge in [0.15, 0.2) is 0 Å². The van der Waals surface area contributed by atoms with Crippen molar-refractivity contribution >= 4 is 23.2 Å². The van der Waals surface area contributed by atoms with Crippen LogP contribution in [0.15, 0.2) is 42.5 Å². The molecule has 0 aromatic heterocycles. The molecule has 0 bridgehead atoms. The largest absolute Gasteiger partial charge is 0.322 e. The first-order chi connectivity index (χ1) is 9.10. The maximum atomic E-state index is 13.4. The predicted octanol–water partition coefficient (Wildman–Crippen LogP) is 3.96. The van der Waals surface area contributed by atoms with Gasteiger partial charge in [-0.25, -0.2) is 8.78 Å².